The normalized spacial score (nSPS) is 20.4. The van der Waals surface area contributed by atoms with Crippen molar-refractivity contribution >= 4 is 23.2 Å². The largest absolute Gasteiger partial charge is 0.372 e. The topological polar surface area (TPSA) is 42.8 Å². The second-order valence-electron chi connectivity index (χ2n) is 5.35. The predicted octanol–water partition coefficient (Wildman–Crippen LogP) is 1.36. The summed E-state index contributed by atoms with van der Waals surface area (Å²) in [6, 6.07) is 7.27. The van der Waals surface area contributed by atoms with Crippen LogP contribution < -0.4 is 10.2 Å². The van der Waals surface area contributed by atoms with E-state index >= 15 is 0 Å². The van der Waals surface area contributed by atoms with Crippen molar-refractivity contribution in [2.24, 2.45) is 0 Å². The van der Waals surface area contributed by atoms with E-state index in [1.54, 1.807) is 12.1 Å². The third-order valence-corrected chi connectivity index (χ3v) is 3.79. The number of para-hydroxylation sites is 1. The Bertz CT molecular complexity index is 447. The highest BCUT2D eigenvalue weighted by Crippen LogP contribution is 2.19. The predicted molar refractivity (Wildman–Crippen MR) is 80.3 cm³/mol. The highest BCUT2D eigenvalue weighted by atomic mass is 35.5. The minimum Gasteiger partial charge on any atom is -0.372 e. The summed E-state index contributed by atoms with van der Waals surface area (Å²) in [6.45, 7) is 2.14. The molecule has 1 aromatic rings. The summed E-state index contributed by atoms with van der Waals surface area (Å²) in [5.41, 5.74) is 0.667. The van der Waals surface area contributed by atoms with Crippen LogP contribution in [0.5, 0.6) is 0 Å². The maximum atomic E-state index is 12.0. The van der Waals surface area contributed by atoms with Crippen molar-refractivity contribution in [3.8, 4) is 0 Å². The first-order chi connectivity index (χ1) is 9.65. The standard InChI is InChI=1S/C15H21ClN2O2/c1-18(10-12-6-4-5-9-20-12)11-15(19)17-14-8-3-2-7-13(14)16/h2-3,7-8,12H,4-6,9-11H2,1H3,(H,17,19)/p+1/t12-/m1/s1. The molecule has 1 heterocycles. The summed E-state index contributed by atoms with van der Waals surface area (Å²) in [4.78, 5) is 13.1. The molecule has 5 heteroatoms. The van der Waals surface area contributed by atoms with Gasteiger partial charge in [0.05, 0.1) is 17.8 Å². The number of benzene rings is 1. The van der Waals surface area contributed by atoms with Crippen LogP contribution >= 0.6 is 11.6 Å². The van der Waals surface area contributed by atoms with Gasteiger partial charge < -0.3 is 15.0 Å². The zero-order valence-electron chi connectivity index (χ0n) is 11.8. The van der Waals surface area contributed by atoms with Crippen molar-refractivity contribution in [2.75, 3.05) is 32.1 Å². The molecule has 2 atom stereocenters. The number of hydrogen-bond acceptors (Lipinski definition) is 2. The number of likely N-dealkylation sites (N-methyl/N-ethyl adjacent to an activating group) is 1. The summed E-state index contributed by atoms with van der Waals surface area (Å²) in [7, 11) is 2.02. The number of amides is 1. The Kier molecular flexibility index (Phi) is 5.83. The first-order valence-corrected chi connectivity index (χ1v) is 7.50. The van der Waals surface area contributed by atoms with E-state index in [1.807, 2.05) is 19.2 Å². The van der Waals surface area contributed by atoms with Gasteiger partial charge in [0.2, 0.25) is 0 Å². The maximum Gasteiger partial charge on any atom is 0.279 e. The molecule has 1 fully saturated rings. The van der Waals surface area contributed by atoms with Gasteiger partial charge in [-0.05, 0) is 31.4 Å². The van der Waals surface area contributed by atoms with Crippen LogP contribution in [0.3, 0.4) is 0 Å². The summed E-state index contributed by atoms with van der Waals surface area (Å²) in [5, 5.41) is 3.41. The van der Waals surface area contributed by atoms with Crippen molar-refractivity contribution in [3.05, 3.63) is 29.3 Å². The zero-order chi connectivity index (χ0) is 14.4. The maximum absolute atomic E-state index is 12.0. The molecule has 0 aliphatic carbocycles. The molecule has 1 aliphatic heterocycles. The van der Waals surface area contributed by atoms with E-state index in [0.29, 0.717) is 17.3 Å². The molecule has 2 rings (SSSR count). The lowest BCUT2D eigenvalue weighted by Gasteiger charge is -2.25. The molecular weight excluding hydrogens is 276 g/mol. The molecule has 1 aromatic carbocycles. The van der Waals surface area contributed by atoms with Crippen LogP contribution in [0.15, 0.2) is 24.3 Å². The molecule has 0 radical (unpaired) electrons. The Morgan fingerprint density at radius 2 is 2.25 bits per heavy atom. The van der Waals surface area contributed by atoms with Gasteiger partial charge in [0.25, 0.3) is 5.91 Å². The quantitative estimate of drug-likeness (QED) is 0.862. The molecule has 1 aliphatic rings. The molecular formula is C15H22ClN2O2+. The first-order valence-electron chi connectivity index (χ1n) is 7.12. The lowest BCUT2D eigenvalue weighted by molar-refractivity contribution is -0.874. The molecule has 4 nitrogen and oxygen atoms in total. The van der Waals surface area contributed by atoms with Crippen molar-refractivity contribution in [1.82, 2.24) is 0 Å². The summed E-state index contributed by atoms with van der Waals surface area (Å²) in [5.74, 6) is -0.0218. The number of carbonyl (C=O) groups excluding carboxylic acids is 1. The highest BCUT2D eigenvalue weighted by molar-refractivity contribution is 6.33. The van der Waals surface area contributed by atoms with E-state index in [9.17, 15) is 4.79 Å². The Morgan fingerprint density at radius 1 is 1.45 bits per heavy atom. The van der Waals surface area contributed by atoms with E-state index in [2.05, 4.69) is 5.32 Å². The van der Waals surface area contributed by atoms with E-state index in [4.69, 9.17) is 16.3 Å². The molecule has 2 N–H and O–H groups in total. The van der Waals surface area contributed by atoms with Crippen molar-refractivity contribution in [3.63, 3.8) is 0 Å². The van der Waals surface area contributed by atoms with Gasteiger partial charge in [-0.2, -0.15) is 0 Å². The zero-order valence-corrected chi connectivity index (χ0v) is 12.6. The van der Waals surface area contributed by atoms with Crippen LogP contribution in [0.2, 0.25) is 5.02 Å². The van der Waals surface area contributed by atoms with E-state index in [1.165, 1.54) is 6.42 Å². The van der Waals surface area contributed by atoms with Crippen molar-refractivity contribution in [2.45, 2.75) is 25.4 Å². The van der Waals surface area contributed by atoms with Gasteiger partial charge >= 0.3 is 0 Å². The minimum absolute atomic E-state index is 0.0218. The molecule has 110 valence electrons. The van der Waals surface area contributed by atoms with Crippen molar-refractivity contribution in [1.29, 1.82) is 0 Å². The van der Waals surface area contributed by atoms with Gasteiger partial charge in [-0.1, -0.05) is 23.7 Å². The van der Waals surface area contributed by atoms with Crippen LogP contribution in [0.4, 0.5) is 5.69 Å². The Labute approximate surface area is 125 Å². The van der Waals surface area contributed by atoms with Gasteiger partial charge in [0, 0.05) is 6.61 Å². The number of hydrogen-bond donors (Lipinski definition) is 2. The number of carbonyl (C=O) groups is 1. The SMILES string of the molecule is C[NH+](CC(=O)Nc1ccccc1Cl)C[C@H]1CCCCO1. The number of nitrogens with one attached hydrogen (secondary N) is 2. The third kappa shape index (κ3) is 4.78. The van der Waals surface area contributed by atoms with Gasteiger partial charge in [-0.15, -0.1) is 0 Å². The number of ether oxygens (including phenoxy) is 1. The summed E-state index contributed by atoms with van der Waals surface area (Å²) < 4.78 is 5.69. The first kappa shape index (κ1) is 15.3. The number of halogens is 1. The molecule has 0 aromatic heterocycles. The fourth-order valence-electron chi connectivity index (χ4n) is 2.46. The Balaban J connectivity index is 1.77. The lowest BCUT2D eigenvalue weighted by atomic mass is 10.1. The minimum atomic E-state index is -0.0218. The van der Waals surface area contributed by atoms with Crippen molar-refractivity contribution < 1.29 is 14.4 Å². The number of rotatable bonds is 5. The smallest absolute Gasteiger partial charge is 0.279 e. The van der Waals surface area contributed by atoms with Crippen LogP contribution in [-0.2, 0) is 9.53 Å². The average molecular weight is 298 g/mol. The number of anilines is 1. The van der Waals surface area contributed by atoms with E-state index in [0.717, 1.165) is 30.9 Å². The fraction of sp³-hybridized carbons (Fsp3) is 0.533. The second-order valence-corrected chi connectivity index (χ2v) is 5.76. The second kappa shape index (κ2) is 7.62. The van der Waals surface area contributed by atoms with Gasteiger partial charge in [0.1, 0.15) is 12.6 Å². The summed E-state index contributed by atoms with van der Waals surface area (Å²) >= 11 is 6.02. The van der Waals surface area contributed by atoms with Crippen LogP contribution in [0, 0.1) is 0 Å². The van der Waals surface area contributed by atoms with E-state index in [-0.39, 0.29) is 12.0 Å². The monoisotopic (exact) mass is 297 g/mol. The van der Waals surface area contributed by atoms with Crippen LogP contribution in [0.1, 0.15) is 19.3 Å². The van der Waals surface area contributed by atoms with Gasteiger partial charge in [-0.3, -0.25) is 4.79 Å². The summed E-state index contributed by atoms with van der Waals surface area (Å²) in [6.07, 6.45) is 3.77. The number of quaternary nitrogens is 1. The third-order valence-electron chi connectivity index (χ3n) is 3.46. The molecule has 0 saturated carbocycles. The molecule has 0 spiro atoms. The van der Waals surface area contributed by atoms with Gasteiger partial charge in [-0.25, -0.2) is 0 Å². The van der Waals surface area contributed by atoms with Crippen LogP contribution in [0.25, 0.3) is 0 Å². The molecule has 1 amide bonds. The van der Waals surface area contributed by atoms with E-state index < -0.39 is 0 Å². The Morgan fingerprint density at radius 3 is 2.95 bits per heavy atom. The Hall–Kier alpha value is -1.10. The molecule has 1 saturated heterocycles. The highest BCUT2D eigenvalue weighted by Gasteiger charge is 2.20. The lowest BCUT2D eigenvalue weighted by Crippen LogP contribution is -3.11. The molecule has 20 heavy (non-hydrogen) atoms. The van der Waals surface area contributed by atoms with Gasteiger partial charge in [0.15, 0.2) is 6.54 Å². The average Bonchev–Trinajstić information content (AvgIpc) is 2.42. The molecule has 1 unspecified atom stereocenters. The molecule has 0 bridgehead atoms. The van der Waals surface area contributed by atoms with Crippen LogP contribution in [-0.4, -0.2) is 38.8 Å². The fourth-order valence-corrected chi connectivity index (χ4v) is 2.64.